The normalized spacial score (nSPS) is 21.5. The highest BCUT2D eigenvalue weighted by atomic mass is 32.2. The summed E-state index contributed by atoms with van der Waals surface area (Å²) in [4.78, 5) is 12.6. The molecule has 1 aliphatic heterocycles. The third-order valence-corrected chi connectivity index (χ3v) is 2.73. The third-order valence-electron chi connectivity index (χ3n) is 2.20. The van der Waals surface area contributed by atoms with Gasteiger partial charge in [0, 0.05) is 37.3 Å². The van der Waals surface area contributed by atoms with Crippen molar-refractivity contribution in [2.75, 3.05) is 13.1 Å². The van der Waals surface area contributed by atoms with Crippen molar-refractivity contribution in [2.24, 2.45) is 0 Å². The second-order valence-electron chi connectivity index (χ2n) is 3.13. The van der Waals surface area contributed by atoms with Gasteiger partial charge in [-0.1, -0.05) is 0 Å². The molecule has 76 valence electrons. The van der Waals surface area contributed by atoms with Crippen LogP contribution in [0, 0.1) is 0 Å². The molecule has 0 bridgehead atoms. The van der Waals surface area contributed by atoms with Crippen molar-refractivity contribution in [1.82, 2.24) is 9.62 Å². The molecule has 5 nitrogen and oxygen atoms in total. The lowest BCUT2D eigenvalue weighted by Crippen LogP contribution is -2.44. The predicted molar refractivity (Wildman–Crippen MR) is 47.3 cm³/mol. The van der Waals surface area contributed by atoms with E-state index in [-0.39, 0.29) is 11.9 Å². The Balaban J connectivity index is 2.30. The van der Waals surface area contributed by atoms with E-state index in [0.717, 1.165) is 0 Å². The molecule has 6 heteroatoms. The molecule has 1 unspecified atom stereocenters. The van der Waals surface area contributed by atoms with Crippen LogP contribution in [0.25, 0.3) is 0 Å². The summed E-state index contributed by atoms with van der Waals surface area (Å²) < 4.78 is 23.0. The first-order valence-corrected chi connectivity index (χ1v) is 5.28. The lowest BCUT2D eigenvalue weighted by Gasteiger charge is -2.31. The minimum atomic E-state index is -2.19. The first-order chi connectivity index (χ1) is 6.09. The molecule has 13 heavy (non-hydrogen) atoms. The van der Waals surface area contributed by atoms with Gasteiger partial charge in [0.1, 0.15) is 0 Å². The SMILES string of the molecule is CC(=O)N1CCC(NS(=O)[O-])CC1. The predicted octanol–water partition coefficient (Wildman–Crippen LogP) is -0.619. The molecule has 0 saturated carbocycles. The highest BCUT2D eigenvalue weighted by Gasteiger charge is 2.19. The quantitative estimate of drug-likeness (QED) is 0.611. The first-order valence-electron chi connectivity index (χ1n) is 4.20. The summed E-state index contributed by atoms with van der Waals surface area (Å²) in [5.41, 5.74) is 0. The maximum atomic E-state index is 10.9. The van der Waals surface area contributed by atoms with Gasteiger partial charge in [-0.05, 0) is 12.8 Å². The fourth-order valence-electron chi connectivity index (χ4n) is 1.45. The summed E-state index contributed by atoms with van der Waals surface area (Å²) in [5, 5.41) is 0. The van der Waals surface area contributed by atoms with Gasteiger partial charge in [-0.3, -0.25) is 9.00 Å². The Kier molecular flexibility index (Phi) is 3.83. The summed E-state index contributed by atoms with van der Waals surface area (Å²) in [5.74, 6) is 0.0571. The van der Waals surface area contributed by atoms with Gasteiger partial charge in [0.05, 0.1) is 0 Å². The number of carbonyl (C=O) groups excluding carboxylic acids is 1. The van der Waals surface area contributed by atoms with Crippen LogP contribution in [-0.2, 0) is 16.1 Å². The molecule has 0 spiro atoms. The van der Waals surface area contributed by atoms with Gasteiger partial charge < -0.3 is 9.45 Å². The molecule has 1 heterocycles. The molecular weight excluding hydrogens is 192 g/mol. The standard InChI is InChI=1S/C7H14N2O3S/c1-6(10)9-4-2-7(3-5-9)8-13(11)12/h7-8H,2-5H2,1H3,(H,11,12)/p-1. The summed E-state index contributed by atoms with van der Waals surface area (Å²) in [7, 11) is 0. The minimum Gasteiger partial charge on any atom is -0.760 e. The number of rotatable bonds is 2. The average Bonchev–Trinajstić information content (AvgIpc) is 2.04. The topological polar surface area (TPSA) is 72.5 Å². The molecule has 1 N–H and O–H groups in total. The third kappa shape index (κ3) is 3.41. The van der Waals surface area contributed by atoms with E-state index in [9.17, 15) is 13.6 Å². The average molecular weight is 205 g/mol. The first kappa shape index (κ1) is 10.6. The van der Waals surface area contributed by atoms with E-state index in [4.69, 9.17) is 0 Å². The van der Waals surface area contributed by atoms with E-state index in [1.54, 1.807) is 4.90 Å². The molecule has 1 saturated heterocycles. The fourth-order valence-corrected chi connectivity index (χ4v) is 1.96. The number of nitrogens with zero attached hydrogens (tertiary/aromatic N) is 1. The van der Waals surface area contributed by atoms with Crippen LogP contribution in [0.3, 0.4) is 0 Å². The van der Waals surface area contributed by atoms with Gasteiger partial charge in [0.25, 0.3) is 0 Å². The summed E-state index contributed by atoms with van der Waals surface area (Å²) >= 11 is -2.19. The van der Waals surface area contributed by atoms with E-state index in [1.165, 1.54) is 6.92 Å². The zero-order valence-corrected chi connectivity index (χ0v) is 8.30. The van der Waals surface area contributed by atoms with Crippen molar-refractivity contribution in [3.63, 3.8) is 0 Å². The smallest absolute Gasteiger partial charge is 0.219 e. The van der Waals surface area contributed by atoms with Crippen LogP contribution in [0.4, 0.5) is 0 Å². The lowest BCUT2D eigenvalue weighted by atomic mass is 10.1. The monoisotopic (exact) mass is 205 g/mol. The molecule has 0 aromatic heterocycles. The van der Waals surface area contributed by atoms with Crippen molar-refractivity contribution in [3.05, 3.63) is 0 Å². The molecule has 0 aromatic carbocycles. The van der Waals surface area contributed by atoms with Gasteiger partial charge in [0.2, 0.25) is 5.91 Å². The Morgan fingerprint density at radius 1 is 1.54 bits per heavy atom. The maximum absolute atomic E-state index is 10.9. The minimum absolute atomic E-state index is 0.00562. The molecular formula is C7H13N2O3S-. The molecule has 1 rings (SSSR count). The van der Waals surface area contributed by atoms with E-state index in [1.807, 2.05) is 0 Å². The Hall–Kier alpha value is -0.460. The number of piperidine rings is 1. The van der Waals surface area contributed by atoms with E-state index >= 15 is 0 Å². The molecule has 0 aromatic rings. The number of nitrogens with one attached hydrogen (secondary N) is 1. The summed E-state index contributed by atoms with van der Waals surface area (Å²) in [6.07, 6.45) is 1.40. The number of likely N-dealkylation sites (tertiary alicyclic amines) is 1. The van der Waals surface area contributed by atoms with Gasteiger partial charge in [0.15, 0.2) is 0 Å². The molecule has 1 atom stereocenters. The van der Waals surface area contributed by atoms with Crippen LogP contribution in [0.1, 0.15) is 19.8 Å². The number of hydrogen-bond donors (Lipinski definition) is 1. The Morgan fingerprint density at radius 2 is 2.08 bits per heavy atom. The molecule has 1 fully saturated rings. The van der Waals surface area contributed by atoms with Crippen molar-refractivity contribution < 1.29 is 13.6 Å². The van der Waals surface area contributed by atoms with Gasteiger partial charge >= 0.3 is 0 Å². The van der Waals surface area contributed by atoms with E-state index < -0.39 is 11.3 Å². The number of amides is 1. The van der Waals surface area contributed by atoms with Crippen molar-refractivity contribution in [2.45, 2.75) is 25.8 Å². The van der Waals surface area contributed by atoms with Gasteiger partial charge in [-0.15, -0.1) is 0 Å². The fraction of sp³-hybridized carbons (Fsp3) is 0.857. The summed E-state index contributed by atoms with van der Waals surface area (Å²) in [6, 6.07) is -0.00562. The highest BCUT2D eigenvalue weighted by Crippen LogP contribution is 2.10. The second kappa shape index (κ2) is 4.69. The van der Waals surface area contributed by atoms with E-state index in [0.29, 0.717) is 25.9 Å². The maximum Gasteiger partial charge on any atom is 0.219 e. The van der Waals surface area contributed by atoms with E-state index in [2.05, 4.69) is 4.72 Å². The van der Waals surface area contributed by atoms with Crippen LogP contribution in [0.5, 0.6) is 0 Å². The van der Waals surface area contributed by atoms with Crippen molar-refractivity contribution in [3.8, 4) is 0 Å². The van der Waals surface area contributed by atoms with Crippen LogP contribution in [0.15, 0.2) is 0 Å². The van der Waals surface area contributed by atoms with Crippen LogP contribution < -0.4 is 4.72 Å². The van der Waals surface area contributed by atoms with Crippen LogP contribution in [0.2, 0.25) is 0 Å². The molecule has 1 aliphatic rings. The highest BCUT2D eigenvalue weighted by molar-refractivity contribution is 7.77. The van der Waals surface area contributed by atoms with Crippen molar-refractivity contribution >= 4 is 17.2 Å². The van der Waals surface area contributed by atoms with Crippen LogP contribution >= 0.6 is 0 Å². The molecule has 0 radical (unpaired) electrons. The van der Waals surface area contributed by atoms with Gasteiger partial charge in [-0.25, -0.2) is 4.72 Å². The van der Waals surface area contributed by atoms with Gasteiger partial charge in [-0.2, -0.15) is 0 Å². The lowest BCUT2D eigenvalue weighted by molar-refractivity contribution is -0.129. The van der Waals surface area contributed by atoms with Crippen molar-refractivity contribution in [1.29, 1.82) is 0 Å². The second-order valence-corrected chi connectivity index (χ2v) is 3.84. The Labute approximate surface area is 79.9 Å². The molecule has 1 amide bonds. The zero-order chi connectivity index (χ0) is 9.84. The molecule has 0 aliphatic carbocycles. The number of carbonyl (C=O) groups is 1. The summed E-state index contributed by atoms with van der Waals surface area (Å²) in [6.45, 7) is 2.81. The number of hydrogen-bond acceptors (Lipinski definition) is 3. The Morgan fingerprint density at radius 3 is 2.46 bits per heavy atom. The largest absolute Gasteiger partial charge is 0.760 e. The Bertz CT molecular complexity index is 214. The van der Waals surface area contributed by atoms with Crippen LogP contribution in [-0.4, -0.2) is 38.7 Å². The zero-order valence-electron chi connectivity index (χ0n) is 7.49.